The molecule has 0 saturated heterocycles. The molecular formula is C12H16O2. The van der Waals surface area contributed by atoms with Crippen LogP contribution in [0.25, 0.3) is 0 Å². The molecule has 0 aromatic heterocycles. The molecule has 0 bridgehead atoms. The second-order valence-corrected chi connectivity index (χ2v) is 4.09. The largest absolute Gasteiger partial charge is 0.481 e. The van der Waals surface area contributed by atoms with Crippen LogP contribution in [0.4, 0.5) is 0 Å². The van der Waals surface area contributed by atoms with Crippen LogP contribution < -0.4 is 0 Å². The Morgan fingerprint density at radius 1 is 1.43 bits per heavy atom. The van der Waals surface area contributed by atoms with Crippen molar-refractivity contribution in [3.8, 4) is 0 Å². The van der Waals surface area contributed by atoms with Gasteiger partial charge in [0.25, 0.3) is 0 Å². The maximum Gasteiger partial charge on any atom is 0.307 e. The Bertz CT molecular complexity index is 319. The number of hydrogen-bond acceptors (Lipinski definition) is 1. The number of fused-ring (bicyclic) bond motifs is 1. The number of allylic oxidation sites excluding steroid dienone is 4. The molecule has 0 amide bonds. The molecule has 14 heavy (non-hydrogen) atoms. The second-order valence-electron chi connectivity index (χ2n) is 4.09. The van der Waals surface area contributed by atoms with Crippen LogP contribution in [0, 0.1) is 17.8 Å². The number of carboxylic acids is 1. The van der Waals surface area contributed by atoms with Crippen LogP contribution in [0.15, 0.2) is 23.3 Å². The molecule has 2 nitrogen and oxygen atoms in total. The molecule has 76 valence electrons. The van der Waals surface area contributed by atoms with Gasteiger partial charge in [0.1, 0.15) is 0 Å². The number of carboxylic acid groups (broad SMARTS) is 1. The number of rotatable bonds is 3. The molecule has 0 spiro atoms. The van der Waals surface area contributed by atoms with Crippen LogP contribution in [0.2, 0.25) is 0 Å². The lowest BCUT2D eigenvalue weighted by molar-refractivity contribution is -0.139. The van der Waals surface area contributed by atoms with E-state index in [2.05, 4.69) is 26.0 Å². The number of carbonyl (C=O) groups is 1. The van der Waals surface area contributed by atoms with Crippen LogP contribution in [0.1, 0.15) is 26.7 Å². The van der Waals surface area contributed by atoms with Gasteiger partial charge in [-0.1, -0.05) is 31.6 Å². The highest BCUT2D eigenvalue weighted by molar-refractivity contribution is 5.77. The van der Waals surface area contributed by atoms with E-state index in [0.29, 0.717) is 11.8 Å². The first kappa shape index (κ1) is 9.50. The van der Waals surface area contributed by atoms with E-state index in [1.165, 1.54) is 11.1 Å². The summed E-state index contributed by atoms with van der Waals surface area (Å²) in [6.45, 7) is 4.29. The molecule has 1 N–H and O–H groups in total. The third kappa shape index (κ3) is 1.21. The van der Waals surface area contributed by atoms with Gasteiger partial charge in [-0.05, 0) is 24.3 Å². The molecule has 1 fully saturated rings. The molecular weight excluding hydrogens is 176 g/mol. The average Bonchev–Trinajstić information content (AvgIpc) is 2.75. The summed E-state index contributed by atoms with van der Waals surface area (Å²) in [5, 5.41) is 8.95. The molecule has 0 heterocycles. The van der Waals surface area contributed by atoms with Crippen molar-refractivity contribution in [1.82, 2.24) is 0 Å². The lowest BCUT2D eigenvalue weighted by Crippen LogP contribution is -2.03. The second kappa shape index (κ2) is 3.26. The zero-order valence-electron chi connectivity index (χ0n) is 8.66. The van der Waals surface area contributed by atoms with Crippen molar-refractivity contribution in [3.05, 3.63) is 23.3 Å². The summed E-state index contributed by atoms with van der Waals surface area (Å²) >= 11 is 0. The molecule has 2 heteroatoms. The smallest absolute Gasteiger partial charge is 0.307 e. The van der Waals surface area contributed by atoms with Crippen LogP contribution in [0.5, 0.6) is 0 Å². The van der Waals surface area contributed by atoms with Gasteiger partial charge in [-0.2, -0.15) is 0 Å². The third-order valence-electron chi connectivity index (χ3n) is 3.48. The van der Waals surface area contributed by atoms with E-state index in [1.54, 1.807) is 0 Å². The van der Waals surface area contributed by atoms with Gasteiger partial charge in [0.2, 0.25) is 0 Å². The van der Waals surface area contributed by atoms with Gasteiger partial charge in [0.15, 0.2) is 0 Å². The Balaban J connectivity index is 2.23. The summed E-state index contributed by atoms with van der Waals surface area (Å²) in [7, 11) is 0. The quantitative estimate of drug-likeness (QED) is 0.746. The molecule has 1 saturated carbocycles. The summed E-state index contributed by atoms with van der Waals surface area (Å²) in [6, 6.07) is 0. The summed E-state index contributed by atoms with van der Waals surface area (Å²) in [5.41, 5.74) is 2.74. The summed E-state index contributed by atoms with van der Waals surface area (Å²) in [6.07, 6.45) is 6.30. The lowest BCUT2D eigenvalue weighted by atomic mass is 9.99. The first-order chi connectivity index (χ1) is 6.70. The fraction of sp³-hybridized carbons (Fsp3) is 0.583. The maximum atomic E-state index is 10.9. The fourth-order valence-corrected chi connectivity index (χ4v) is 2.63. The molecule has 2 aliphatic carbocycles. The molecule has 3 unspecified atom stereocenters. The minimum absolute atomic E-state index is 0.122. The summed E-state index contributed by atoms with van der Waals surface area (Å²) in [5.74, 6) is -0.144. The van der Waals surface area contributed by atoms with Crippen molar-refractivity contribution < 1.29 is 9.90 Å². The Morgan fingerprint density at radius 3 is 2.50 bits per heavy atom. The molecule has 0 aromatic rings. The van der Waals surface area contributed by atoms with Gasteiger partial charge < -0.3 is 5.11 Å². The van der Waals surface area contributed by atoms with E-state index in [9.17, 15) is 4.79 Å². The first-order valence-corrected chi connectivity index (χ1v) is 5.33. The van der Waals surface area contributed by atoms with E-state index < -0.39 is 5.97 Å². The molecule has 2 rings (SSSR count). The first-order valence-electron chi connectivity index (χ1n) is 5.33. The molecule has 0 aliphatic heterocycles. The molecule has 0 radical (unpaired) electrons. The van der Waals surface area contributed by atoms with Crippen molar-refractivity contribution in [2.75, 3.05) is 0 Å². The normalized spacial score (nSPS) is 33.0. The van der Waals surface area contributed by atoms with Gasteiger partial charge in [-0.15, -0.1) is 0 Å². The Morgan fingerprint density at radius 2 is 2.07 bits per heavy atom. The highest BCUT2D eigenvalue weighted by atomic mass is 16.4. The van der Waals surface area contributed by atoms with Crippen molar-refractivity contribution >= 4 is 5.97 Å². The van der Waals surface area contributed by atoms with Gasteiger partial charge >= 0.3 is 5.97 Å². The molecule has 0 aromatic carbocycles. The standard InChI is InChI=1S/C12H16O2/c1-3-7(4-2)8-5-6-9-10(8)11(9)12(13)14/h5-6,9-11H,3-4H2,1-2H3,(H,13,14). The lowest BCUT2D eigenvalue weighted by Gasteiger charge is -2.06. The van der Waals surface area contributed by atoms with E-state index >= 15 is 0 Å². The highest BCUT2D eigenvalue weighted by Gasteiger charge is 2.57. The topological polar surface area (TPSA) is 37.3 Å². The van der Waals surface area contributed by atoms with E-state index in [4.69, 9.17) is 5.11 Å². The Kier molecular flexibility index (Phi) is 2.22. The van der Waals surface area contributed by atoms with Crippen molar-refractivity contribution in [1.29, 1.82) is 0 Å². The van der Waals surface area contributed by atoms with Gasteiger partial charge in [0, 0.05) is 5.92 Å². The molecule has 3 atom stereocenters. The van der Waals surface area contributed by atoms with Crippen LogP contribution in [-0.2, 0) is 4.79 Å². The number of hydrogen-bond donors (Lipinski definition) is 1. The van der Waals surface area contributed by atoms with E-state index in [-0.39, 0.29) is 5.92 Å². The summed E-state index contributed by atoms with van der Waals surface area (Å²) in [4.78, 5) is 10.9. The average molecular weight is 192 g/mol. The van der Waals surface area contributed by atoms with Crippen molar-refractivity contribution in [3.63, 3.8) is 0 Å². The Labute approximate surface area is 84.3 Å². The minimum atomic E-state index is -0.631. The van der Waals surface area contributed by atoms with Crippen LogP contribution in [-0.4, -0.2) is 11.1 Å². The Hall–Kier alpha value is -1.05. The predicted octanol–water partition coefficient (Wildman–Crippen LogP) is 2.62. The zero-order valence-corrected chi connectivity index (χ0v) is 8.66. The van der Waals surface area contributed by atoms with Gasteiger partial charge in [0.05, 0.1) is 5.92 Å². The summed E-state index contributed by atoms with van der Waals surface area (Å²) < 4.78 is 0. The third-order valence-corrected chi connectivity index (χ3v) is 3.48. The van der Waals surface area contributed by atoms with E-state index in [0.717, 1.165) is 12.8 Å². The predicted molar refractivity (Wildman–Crippen MR) is 54.9 cm³/mol. The highest BCUT2D eigenvalue weighted by Crippen LogP contribution is 2.57. The van der Waals surface area contributed by atoms with Crippen molar-refractivity contribution in [2.45, 2.75) is 26.7 Å². The van der Waals surface area contributed by atoms with Gasteiger partial charge in [-0.25, -0.2) is 0 Å². The SMILES string of the molecule is CCC(CC)=C1C=CC2C(C(=O)O)C12. The molecule has 2 aliphatic rings. The van der Waals surface area contributed by atoms with Crippen LogP contribution in [0.3, 0.4) is 0 Å². The fourth-order valence-electron chi connectivity index (χ4n) is 2.63. The zero-order chi connectivity index (χ0) is 10.3. The van der Waals surface area contributed by atoms with Crippen LogP contribution >= 0.6 is 0 Å². The van der Waals surface area contributed by atoms with E-state index in [1.807, 2.05) is 0 Å². The maximum absolute atomic E-state index is 10.9. The van der Waals surface area contributed by atoms with Gasteiger partial charge in [-0.3, -0.25) is 4.79 Å². The monoisotopic (exact) mass is 192 g/mol. The minimum Gasteiger partial charge on any atom is -0.481 e. The number of aliphatic carboxylic acids is 1. The van der Waals surface area contributed by atoms with Crippen molar-refractivity contribution in [2.24, 2.45) is 17.8 Å².